The summed E-state index contributed by atoms with van der Waals surface area (Å²) in [5.74, 6) is 1.50. The number of carbonyl (C=O) groups excluding carboxylic acids is 1. The number of benzene rings is 1. The Bertz CT molecular complexity index is 838. The molecule has 4 rings (SSSR count). The number of aromatic nitrogens is 2. The number of nitrogens with one attached hydrogen (secondary N) is 1. The molecule has 0 unspecified atom stereocenters. The number of fused-ring (bicyclic) bond motifs is 3. The van der Waals surface area contributed by atoms with Crippen molar-refractivity contribution in [2.45, 2.75) is 71.1 Å². The van der Waals surface area contributed by atoms with Crippen molar-refractivity contribution < 1.29 is 4.79 Å². The molecule has 0 spiro atoms. The molecule has 1 heterocycles. The van der Waals surface area contributed by atoms with E-state index in [0.29, 0.717) is 24.1 Å². The van der Waals surface area contributed by atoms with Crippen LogP contribution < -0.4 is 5.32 Å². The molecule has 27 heavy (non-hydrogen) atoms. The lowest BCUT2D eigenvalue weighted by atomic mass is 9.85. The summed E-state index contributed by atoms with van der Waals surface area (Å²) in [4.78, 5) is 22.5. The third kappa shape index (κ3) is 3.90. The van der Waals surface area contributed by atoms with Crippen molar-refractivity contribution in [3.63, 3.8) is 0 Å². The first-order valence-electron chi connectivity index (χ1n) is 10.4. The van der Waals surface area contributed by atoms with Crippen molar-refractivity contribution >= 4 is 11.7 Å². The number of carbonyl (C=O) groups is 1. The van der Waals surface area contributed by atoms with Crippen LogP contribution in [0.5, 0.6) is 0 Å². The molecule has 4 nitrogen and oxygen atoms in total. The number of rotatable bonds is 4. The molecule has 1 aromatic carbocycles. The topological polar surface area (TPSA) is 54.9 Å². The Kier molecular flexibility index (Phi) is 5.24. The predicted octanol–water partition coefficient (Wildman–Crippen LogP) is 5.27. The molecule has 1 amide bonds. The van der Waals surface area contributed by atoms with Crippen LogP contribution in [0.25, 0.3) is 11.3 Å². The summed E-state index contributed by atoms with van der Waals surface area (Å²) >= 11 is 0. The van der Waals surface area contributed by atoms with Gasteiger partial charge >= 0.3 is 0 Å². The van der Waals surface area contributed by atoms with E-state index >= 15 is 0 Å². The van der Waals surface area contributed by atoms with Crippen molar-refractivity contribution in [2.24, 2.45) is 5.92 Å². The van der Waals surface area contributed by atoms with Crippen LogP contribution in [0.4, 0.5) is 5.82 Å². The Balaban J connectivity index is 1.75. The summed E-state index contributed by atoms with van der Waals surface area (Å²) in [7, 11) is 0. The lowest BCUT2D eigenvalue weighted by Gasteiger charge is -2.26. The van der Waals surface area contributed by atoms with Crippen LogP contribution in [0.2, 0.25) is 0 Å². The second kappa shape index (κ2) is 7.79. The highest BCUT2D eigenvalue weighted by Crippen LogP contribution is 2.38. The first kappa shape index (κ1) is 18.1. The van der Waals surface area contributed by atoms with E-state index in [1.807, 2.05) is 0 Å². The quantitative estimate of drug-likeness (QED) is 0.804. The van der Waals surface area contributed by atoms with Gasteiger partial charge in [-0.1, -0.05) is 57.4 Å². The maximum atomic E-state index is 12.4. The van der Waals surface area contributed by atoms with Gasteiger partial charge in [-0.15, -0.1) is 0 Å². The molecule has 1 fully saturated rings. The normalized spacial score (nSPS) is 16.7. The van der Waals surface area contributed by atoms with Gasteiger partial charge < -0.3 is 5.32 Å². The van der Waals surface area contributed by atoms with E-state index in [2.05, 4.69) is 43.4 Å². The average Bonchev–Trinajstić information content (AvgIpc) is 2.67. The second-order valence-electron chi connectivity index (χ2n) is 8.39. The summed E-state index contributed by atoms with van der Waals surface area (Å²) in [6.07, 6.45) is 8.44. The van der Waals surface area contributed by atoms with Crippen molar-refractivity contribution in [2.75, 3.05) is 5.32 Å². The molecule has 2 aromatic rings. The SMILES string of the molecule is CC(C)CC(=O)Nc1nc2c(nc1C1CCCCC1)-c1ccccc1CC2. The van der Waals surface area contributed by atoms with Crippen molar-refractivity contribution in [1.82, 2.24) is 9.97 Å². The molecule has 1 saturated carbocycles. The van der Waals surface area contributed by atoms with E-state index in [1.165, 1.54) is 30.4 Å². The molecule has 0 radical (unpaired) electrons. The lowest BCUT2D eigenvalue weighted by Crippen LogP contribution is -2.21. The zero-order valence-corrected chi connectivity index (χ0v) is 16.4. The number of aryl methyl sites for hydroxylation is 2. The molecule has 2 aliphatic rings. The van der Waals surface area contributed by atoms with Crippen LogP contribution in [-0.4, -0.2) is 15.9 Å². The molecule has 2 aliphatic carbocycles. The van der Waals surface area contributed by atoms with Crippen LogP contribution in [0.1, 0.15) is 75.2 Å². The van der Waals surface area contributed by atoms with Crippen LogP contribution in [-0.2, 0) is 17.6 Å². The fourth-order valence-electron chi connectivity index (χ4n) is 4.40. The molecule has 1 N–H and O–H groups in total. The van der Waals surface area contributed by atoms with Crippen LogP contribution >= 0.6 is 0 Å². The molecule has 0 atom stereocenters. The van der Waals surface area contributed by atoms with Crippen LogP contribution in [0.15, 0.2) is 24.3 Å². The minimum atomic E-state index is 0.0486. The van der Waals surface area contributed by atoms with Gasteiger partial charge in [-0.05, 0) is 37.2 Å². The molecule has 0 bridgehead atoms. The van der Waals surface area contributed by atoms with E-state index in [1.54, 1.807) is 0 Å². The minimum absolute atomic E-state index is 0.0486. The first-order valence-corrected chi connectivity index (χ1v) is 10.4. The van der Waals surface area contributed by atoms with Gasteiger partial charge in [0.1, 0.15) is 0 Å². The Morgan fingerprint density at radius 2 is 1.89 bits per heavy atom. The highest BCUT2D eigenvalue weighted by Gasteiger charge is 2.27. The van der Waals surface area contributed by atoms with Gasteiger partial charge in [0.05, 0.1) is 17.1 Å². The molecular weight excluding hydrogens is 334 g/mol. The standard InChI is InChI=1S/C23H29N3O/c1-15(2)14-20(27)25-23-21(17-9-4-3-5-10-17)26-22-18-11-7-6-8-16(18)12-13-19(22)24-23/h6-8,11,15,17H,3-5,9-10,12-14H2,1-2H3,(H,24,25,27). The maximum Gasteiger partial charge on any atom is 0.225 e. The second-order valence-corrected chi connectivity index (χ2v) is 8.39. The van der Waals surface area contributed by atoms with Gasteiger partial charge in [-0.2, -0.15) is 0 Å². The third-order valence-electron chi connectivity index (χ3n) is 5.74. The average molecular weight is 364 g/mol. The number of hydrogen-bond donors (Lipinski definition) is 1. The zero-order chi connectivity index (χ0) is 18.8. The zero-order valence-electron chi connectivity index (χ0n) is 16.4. The first-order chi connectivity index (χ1) is 13.1. The Hall–Kier alpha value is -2.23. The summed E-state index contributed by atoms with van der Waals surface area (Å²) < 4.78 is 0. The van der Waals surface area contributed by atoms with Crippen molar-refractivity contribution in [3.05, 3.63) is 41.2 Å². The largest absolute Gasteiger partial charge is 0.309 e. The van der Waals surface area contributed by atoms with Crippen molar-refractivity contribution in [3.8, 4) is 11.3 Å². The van der Waals surface area contributed by atoms with Crippen molar-refractivity contribution in [1.29, 1.82) is 0 Å². The van der Waals surface area contributed by atoms with E-state index < -0.39 is 0 Å². The Morgan fingerprint density at radius 1 is 1.11 bits per heavy atom. The maximum absolute atomic E-state index is 12.4. The Labute approximate surface area is 161 Å². The molecule has 0 saturated heterocycles. The summed E-state index contributed by atoms with van der Waals surface area (Å²) in [5, 5.41) is 3.10. The number of nitrogens with zero attached hydrogens (tertiary/aromatic N) is 2. The smallest absolute Gasteiger partial charge is 0.225 e. The summed E-state index contributed by atoms with van der Waals surface area (Å²) in [6, 6.07) is 8.52. The molecule has 0 aliphatic heterocycles. The summed E-state index contributed by atoms with van der Waals surface area (Å²) in [5.41, 5.74) is 5.61. The lowest BCUT2D eigenvalue weighted by molar-refractivity contribution is -0.116. The number of hydrogen-bond acceptors (Lipinski definition) is 3. The van der Waals surface area contributed by atoms with Gasteiger partial charge in [0.2, 0.25) is 5.91 Å². The van der Waals surface area contributed by atoms with Gasteiger partial charge in [-0.25, -0.2) is 9.97 Å². The number of amides is 1. The summed E-state index contributed by atoms with van der Waals surface area (Å²) in [6.45, 7) is 4.13. The molecule has 142 valence electrons. The van der Waals surface area contributed by atoms with Gasteiger partial charge in [0.25, 0.3) is 0 Å². The fourth-order valence-corrected chi connectivity index (χ4v) is 4.40. The predicted molar refractivity (Wildman–Crippen MR) is 109 cm³/mol. The highest BCUT2D eigenvalue weighted by atomic mass is 16.1. The van der Waals surface area contributed by atoms with E-state index in [9.17, 15) is 4.79 Å². The van der Waals surface area contributed by atoms with E-state index in [4.69, 9.17) is 9.97 Å². The van der Waals surface area contributed by atoms with Gasteiger partial charge in [-0.3, -0.25) is 4.79 Å². The highest BCUT2D eigenvalue weighted by molar-refractivity contribution is 5.90. The molecular formula is C23H29N3O. The third-order valence-corrected chi connectivity index (χ3v) is 5.74. The van der Waals surface area contributed by atoms with Crippen LogP contribution in [0, 0.1) is 5.92 Å². The molecule has 4 heteroatoms. The number of anilines is 1. The van der Waals surface area contributed by atoms with Gasteiger partial charge in [0.15, 0.2) is 5.82 Å². The van der Waals surface area contributed by atoms with Crippen LogP contribution in [0.3, 0.4) is 0 Å². The monoisotopic (exact) mass is 363 g/mol. The Morgan fingerprint density at radius 3 is 2.67 bits per heavy atom. The minimum Gasteiger partial charge on any atom is -0.309 e. The molecule has 1 aromatic heterocycles. The van der Waals surface area contributed by atoms with E-state index in [0.717, 1.165) is 42.8 Å². The fraction of sp³-hybridized carbons (Fsp3) is 0.522. The van der Waals surface area contributed by atoms with Gasteiger partial charge in [0, 0.05) is 17.9 Å². The van der Waals surface area contributed by atoms with E-state index in [-0.39, 0.29) is 5.91 Å².